The molecule has 0 atom stereocenters. The van der Waals surface area contributed by atoms with Crippen LogP contribution >= 0.6 is 11.3 Å². The third-order valence-corrected chi connectivity index (χ3v) is 3.64. The van der Waals surface area contributed by atoms with Gasteiger partial charge < -0.3 is 4.74 Å². The lowest BCUT2D eigenvalue weighted by Gasteiger charge is -2.08. The molecule has 100 valence electrons. The molecule has 0 fully saturated rings. The number of hydrogen-bond acceptors (Lipinski definition) is 4. The highest BCUT2D eigenvalue weighted by Crippen LogP contribution is 2.22. The molecule has 2 rings (SSSR count). The second-order valence-electron chi connectivity index (χ2n) is 4.07. The van der Waals surface area contributed by atoms with Crippen LogP contribution in [0.25, 0.3) is 0 Å². The number of aromatic nitrogens is 1. The van der Waals surface area contributed by atoms with Gasteiger partial charge in [-0.25, -0.2) is 9.37 Å². The van der Waals surface area contributed by atoms with E-state index in [9.17, 15) is 9.18 Å². The van der Waals surface area contributed by atoms with Crippen molar-refractivity contribution in [2.75, 3.05) is 0 Å². The second kappa shape index (κ2) is 5.93. The largest absolute Gasteiger partial charge is 0.487 e. The van der Waals surface area contributed by atoms with Crippen molar-refractivity contribution in [1.29, 1.82) is 0 Å². The number of halogens is 1. The van der Waals surface area contributed by atoms with E-state index in [0.717, 1.165) is 17.1 Å². The summed E-state index contributed by atoms with van der Waals surface area (Å²) in [4.78, 5) is 15.8. The van der Waals surface area contributed by atoms with E-state index in [-0.39, 0.29) is 18.0 Å². The molecule has 1 aromatic heterocycles. The molecule has 0 aliphatic heterocycles. The first-order valence-electron chi connectivity index (χ1n) is 5.96. The van der Waals surface area contributed by atoms with Crippen LogP contribution in [0.4, 0.5) is 4.39 Å². The molecule has 0 aliphatic carbocycles. The van der Waals surface area contributed by atoms with Gasteiger partial charge in [-0.2, -0.15) is 0 Å². The van der Waals surface area contributed by atoms with Gasteiger partial charge in [0, 0.05) is 5.38 Å². The molecule has 0 N–H and O–H groups in total. The third-order valence-electron chi connectivity index (χ3n) is 2.60. The van der Waals surface area contributed by atoms with E-state index in [0.29, 0.717) is 5.75 Å². The molecular weight excluding hydrogens is 265 g/mol. The lowest BCUT2D eigenvalue weighted by molar-refractivity contribution is 0.101. The first-order valence-corrected chi connectivity index (χ1v) is 6.84. The molecule has 0 saturated heterocycles. The Morgan fingerprint density at radius 3 is 2.89 bits per heavy atom. The molecular formula is C14H14FNO2S. The van der Waals surface area contributed by atoms with Crippen LogP contribution in [0.15, 0.2) is 23.6 Å². The maximum absolute atomic E-state index is 13.1. The fraction of sp³-hybridized carbons (Fsp3) is 0.286. The van der Waals surface area contributed by atoms with Gasteiger partial charge in [-0.3, -0.25) is 4.79 Å². The zero-order chi connectivity index (χ0) is 13.8. The van der Waals surface area contributed by atoms with Gasteiger partial charge in [0.25, 0.3) is 0 Å². The Balaban J connectivity index is 2.12. The standard InChI is InChI=1S/C14H14FNO2S/c1-3-14-16-11(8-19-14)7-18-13-5-4-10(15)6-12(13)9(2)17/h4-6,8H,3,7H2,1-2H3. The molecule has 1 aromatic carbocycles. The minimum absolute atomic E-state index is 0.220. The van der Waals surface area contributed by atoms with E-state index in [1.165, 1.54) is 25.1 Å². The Hall–Kier alpha value is -1.75. The Morgan fingerprint density at radius 1 is 1.47 bits per heavy atom. The van der Waals surface area contributed by atoms with Crippen molar-refractivity contribution in [2.24, 2.45) is 0 Å². The van der Waals surface area contributed by atoms with Gasteiger partial charge in [-0.05, 0) is 31.5 Å². The molecule has 19 heavy (non-hydrogen) atoms. The van der Waals surface area contributed by atoms with Crippen molar-refractivity contribution in [1.82, 2.24) is 4.98 Å². The third kappa shape index (κ3) is 3.38. The van der Waals surface area contributed by atoms with Crippen LogP contribution in [0.1, 0.15) is 34.9 Å². The zero-order valence-electron chi connectivity index (χ0n) is 10.8. The SMILES string of the molecule is CCc1nc(COc2ccc(F)cc2C(C)=O)cs1. The average Bonchev–Trinajstić information content (AvgIpc) is 2.85. The minimum atomic E-state index is -0.445. The van der Waals surface area contributed by atoms with Gasteiger partial charge in [0.1, 0.15) is 18.2 Å². The van der Waals surface area contributed by atoms with Crippen molar-refractivity contribution in [3.63, 3.8) is 0 Å². The van der Waals surface area contributed by atoms with E-state index < -0.39 is 5.82 Å². The normalized spacial score (nSPS) is 10.5. The van der Waals surface area contributed by atoms with Crippen LogP contribution in [-0.4, -0.2) is 10.8 Å². The number of benzene rings is 1. The summed E-state index contributed by atoms with van der Waals surface area (Å²) in [6.45, 7) is 3.71. The van der Waals surface area contributed by atoms with E-state index in [4.69, 9.17) is 4.74 Å². The quantitative estimate of drug-likeness (QED) is 0.785. The predicted octanol–water partition coefficient (Wildman–Crippen LogP) is 3.63. The van der Waals surface area contributed by atoms with Crippen LogP contribution in [0.3, 0.4) is 0 Å². The van der Waals surface area contributed by atoms with Crippen molar-refractivity contribution in [3.05, 3.63) is 45.7 Å². The van der Waals surface area contributed by atoms with Crippen LogP contribution in [-0.2, 0) is 13.0 Å². The lowest BCUT2D eigenvalue weighted by atomic mass is 10.1. The maximum Gasteiger partial charge on any atom is 0.163 e. The Kier molecular flexibility index (Phi) is 4.27. The number of Topliss-reactive ketones (excluding diaryl/α,β-unsaturated/α-hetero) is 1. The molecule has 5 heteroatoms. The van der Waals surface area contributed by atoms with Crippen molar-refractivity contribution in [3.8, 4) is 5.75 Å². The van der Waals surface area contributed by atoms with Crippen LogP contribution < -0.4 is 4.74 Å². The summed E-state index contributed by atoms with van der Waals surface area (Å²) >= 11 is 1.58. The highest BCUT2D eigenvalue weighted by molar-refractivity contribution is 7.09. The average molecular weight is 279 g/mol. The first kappa shape index (κ1) is 13.7. The predicted molar refractivity (Wildman–Crippen MR) is 72.2 cm³/mol. The van der Waals surface area contributed by atoms with Crippen LogP contribution in [0.5, 0.6) is 5.75 Å². The topological polar surface area (TPSA) is 39.2 Å². The van der Waals surface area contributed by atoms with Gasteiger partial charge >= 0.3 is 0 Å². The number of carbonyl (C=O) groups excluding carboxylic acids is 1. The summed E-state index contributed by atoms with van der Waals surface area (Å²) in [5, 5.41) is 2.97. The number of hydrogen-bond donors (Lipinski definition) is 0. The summed E-state index contributed by atoms with van der Waals surface area (Å²) in [5.41, 5.74) is 1.08. The molecule has 3 nitrogen and oxygen atoms in total. The number of ether oxygens (including phenoxy) is 1. The molecule has 0 saturated carbocycles. The fourth-order valence-electron chi connectivity index (χ4n) is 1.63. The Bertz CT molecular complexity index is 595. The fourth-order valence-corrected chi connectivity index (χ4v) is 2.36. The molecule has 0 amide bonds. The van der Waals surface area contributed by atoms with Gasteiger partial charge in [0.2, 0.25) is 0 Å². The van der Waals surface area contributed by atoms with Gasteiger partial charge in [-0.15, -0.1) is 11.3 Å². The van der Waals surface area contributed by atoms with Crippen molar-refractivity contribution < 1.29 is 13.9 Å². The highest BCUT2D eigenvalue weighted by atomic mass is 32.1. The van der Waals surface area contributed by atoms with E-state index in [1.807, 2.05) is 12.3 Å². The molecule has 2 aromatic rings. The maximum atomic E-state index is 13.1. The number of nitrogens with zero attached hydrogens (tertiary/aromatic N) is 1. The van der Waals surface area contributed by atoms with Gasteiger partial charge in [0.15, 0.2) is 5.78 Å². The van der Waals surface area contributed by atoms with Gasteiger partial charge in [-0.1, -0.05) is 6.92 Å². The summed E-state index contributed by atoms with van der Waals surface area (Å²) in [6.07, 6.45) is 0.889. The van der Waals surface area contributed by atoms with Crippen LogP contribution in [0, 0.1) is 5.82 Å². The molecule has 0 bridgehead atoms. The molecule has 0 radical (unpaired) electrons. The number of aryl methyl sites for hydroxylation is 1. The highest BCUT2D eigenvalue weighted by Gasteiger charge is 2.10. The summed E-state index contributed by atoms with van der Waals surface area (Å²) in [7, 11) is 0. The van der Waals surface area contributed by atoms with E-state index in [1.54, 1.807) is 11.3 Å². The summed E-state index contributed by atoms with van der Waals surface area (Å²) < 4.78 is 18.7. The number of thiazole rings is 1. The number of ketones is 1. The van der Waals surface area contributed by atoms with E-state index in [2.05, 4.69) is 4.98 Å². The summed E-state index contributed by atoms with van der Waals surface area (Å²) in [6, 6.07) is 3.94. The van der Waals surface area contributed by atoms with E-state index >= 15 is 0 Å². The second-order valence-corrected chi connectivity index (χ2v) is 5.01. The van der Waals surface area contributed by atoms with Crippen LogP contribution in [0.2, 0.25) is 0 Å². The molecule has 1 heterocycles. The first-order chi connectivity index (χ1) is 9.10. The number of rotatable bonds is 5. The Morgan fingerprint density at radius 2 is 2.26 bits per heavy atom. The van der Waals surface area contributed by atoms with Crippen molar-refractivity contribution in [2.45, 2.75) is 26.9 Å². The van der Waals surface area contributed by atoms with Crippen molar-refractivity contribution >= 4 is 17.1 Å². The van der Waals surface area contributed by atoms with Gasteiger partial charge in [0.05, 0.1) is 16.3 Å². The lowest BCUT2D eigenvalue weighted by Crippen LogP contribution is -2.02. The zero-order valence-corrected chi connectivity index (χ0v) is 11.6. The number of carbonyl (C=O) groups is 1. The summed E-state index contributed by atoms with van der Waals surface area (Å²) in [5.74, 6) is -0.276. The molecule has 0 aliphatic rings. The molecule has 0 spiro atoms. The Labute approximate surface area is 115 Å². The minimum Gasteiger partial charge on any atom is -0.487 e. The monoisotopic (exact) mass is 279 g/mol. The smallest absolute Gasteiger partial charge is 0.163 e. The molecule has 0 unspecified atom stereocenters.